The second-order valence-corrected chi connectivity index (χ2v) is 9.11. The van der Waals surface area contributed by atoms with E-state index in [1.54, 1.807) is 0 Å². The van der Waals surface area contributed by atoms with Gasteiger partial charge in [-0.2, -0.15) is 11.8 Å². The molecule has 126 valence electrons. The SMILES string of the molecule is c1ccc2c(c1)CC(SCCN1CCCCC1)c1ccccc1S2. The molecule has 0 aliphatic carbocycles. The van der Waals surface area contributed by atoms with Crippen molar-refractivity contribution < 1.29 is 0 Å². The van der Waals surface area contributed by atoms with Crippen LogP contribution in [0.3, 0.4) is 0 Å². The molecule has 24 heavy (non-hydrogen) atoms. The van der Waals surface area contributed by atoms with Crippen molar-refractivity contribution in [3.63, 3.8) is 0 Å². The minimum absolute atomic E-state index is 0.585. The molecule has 0 N–H and O–H groups in total. The highest BCUT2D eigenvalue weighted by Crippen LogP contribution is 2.45. The molecular formula is C21H25NS2. The van der Waals surface area contributed by atoms with Gasteiger partial charge in [0.2, 0.25) is 0 Å². The first-order valence-corrected chi connectivity index (χ1v) is 11.0. The minimum atomic E-state index is 0.585. The van der Waals surface area contributed by atoms with Crippen LogP contribution in [0.1, 0.15) is 35.6 Å². The molecule has 0 spiro atoms. The van der Waals surface area contributed by atoms with Crippen molar-refractivity contribution in [2.45, 2.75) is 40.7 Å². The van der Waals surface area contributed by atoms with E-state index < -0.39 is 0 Å². The summed E-state index contributed by atoms with van der Waals surface area (Å²) in [6.07, 6.45) is 5.36. The van der Waals surface area contributed by atoms with Crippen LogP contribution < -0.4 is 0 Å². The van der Waals surface area contributed by atoms with E-state index >= 15 is 0 Å². The molecule has 3 heteroatoms. The zero-order valence-electron chi connectivity index (χ0n) is 14.1. The number of thioether (sulfide) groups is 1. The van der Waals surface area contributed by atoms with Crippen molar-refractivity contribution in [3.05, 3.63) is 59.7 Å². The molecule has 0 radical (unpaired) electrons. The fourth-order valence-electron chi connectivity index (χ4n) is 3.70. The standard InChI is InChI=1S/C21H25NS2/c1-6-12-22(13-7-1)14-15-23-21-16-17-8-2-4-10-19(17)24-20-11-5-3-9-18(20)21/h2-5,8-11,21H,1,6-7,12-16H2. The van der Waals surface area contributed by atoms with Crippen LogP contribution >= 0.6 is 23.5 Å². The smallest absolute Gasteiger partial charge is 0.0349 e. The predicted molar refractivity (Wildman–Crippen MR) is 106 cm³/mol. The van der Waals surface area contributed by atoms with Gasteiger partial charge in [0.25, 0.3) is 0 Å². The van der Waals surface area contributed by atoms with Crippen molar-refractivity contribution >= 4 is 23.5 Å². The molecule has 2 aliphatic rings. The maximum Gasteiger partial charge on any atom is 0.0349 e. The summed E-state index contributed by atoms with van der Waals surface area (Å²) in [6.45, 7) is 3.86. The van der Waals surface area contributed by atoms with Gasteiger partial charge < -0.3 is 4.90 Å². The first-order chi connectivity index (χ1) is 11.9. The lowest BCUT2D eigenvalue weighted by atomic mass is 10.0. The number of rotatable bonds is 4. The molecule has 2 aromatic carbocycles. The molecule has 0 saturated carbocycles. The van der Waals surface area contributed by atoms with Crippen molar-refractivity contribution in [2.75, 3.05) is 25.4 Å². The van der Waals surface area contributed by atoms with E-state index in [4.69, 9.17) is 0 Å². The Balaban J connectivity index is 1.48. The second kappa shape index (κ2) is 7.99. The molecule has 2 aromatic rings. The number of fused-ring (bicyclic) bond motifs is 2. The Morgan fingerprint density at radius 1 is 0.917 bits per heavy atom. The first kappa shape index (κ1) is 16.6. The summed E-state index contributed by atoms with van der Waals surface area (Å²) < 4.78 is 0. The maximum atomic E-state index is 2.65. The van der Waals surface area contributed by atoms with E-state index in [-0.39, 0.29) is 0 Å². The summed E-state index contributed by atoms with van der Waals surface area (Å²) in [6, 6.07) is 17.9. The van der Waals surface area contributed by atoms with E-state index in [0.29, 0.717) is 5.25 Å². The van der Waals surface area contributed by atoms with Gasteiger partial charge in [0.15, 0.2) is 0 Å². The summed E-state index contributed by atoms with van der Waals surface area (Å²) in [5.41, 5.74) is 3.04. The summed E-state index contributed by atoms with van der Waals surface area (Å²) in [4.78, 5) is 5.53. The largest absolute Gasteiger partial charge is 0.303 e. The maximum absolute atomic E-state index is 2.65. The number of hydrogen-bond acceptors (Lipinski definition) is 3. The third-order valence-electron chi connectivity index (χ3n) is 5.04. The van der Waals surface area contributed by atoms with Crippen LogP contribution in [0.25, 0.3) is 0 Å². The van der Waals surface area contributed by atoms with Crippen molar-refractivity contribution in [1.82, 2.24) is 4.90 Å². The summed E-state index contributed by atoms with van der Waals surface area (Å²) in [7, 11) is 0. The van der Waals surface area contributed by atoms with Crippen molar-refractivity contribution in [1.29, 1.82) is 0 Å². The highest BCUT2D eigenvalue weighted by atomic mass is 32.2. The Morgan fingerprint density at radius 3 is 2.54 bits per heavy atom. The highest BCUT2D eigenvalue weighted by Gasteiger charge is 2.22. The Bertz CT molecular complexity index is 679. The summed E-state index contributed by atoms with van der Waals surface area (Å²) >= 11 is 4.10. The van der Waals surface area contributed by atoms with E-state index in [0.717, 1.165) is 6.42 Å². The molecule has 1 nitrogen and oxygen atoms in total. The van der Waals surface area contributed by atoms with Gasteiger partial charge in [0.1, 0.15) is 0 Å². The van der Waals surface area contributed by atoms with E-state index in [2.05, 4.69) is 65.2 Å². The van der Waals surface area contributed by atoms with Gasteiger partial charge in [-0.1, -0.05) is 54.6 Å². The Hall–Kier alpha value is -0.900. The van der Waals surface area contributed by atoms with Gasteiger partial charge in [-0.15, -0.1) is 0 Å². The first-order valence-electron chi connectivity index (χ1n) is 9.09. The molecule has 1 saturated heterocycles. The van der Waals surface area contributed by atoms with Crippen LogP contribution in [0.15, 0.2) is 58.3 Å². The quantitative estimate of drug-likeness (QED) is 0.697. The monoisotopic (exact) mass is 355 g/mol. The van der Waals surface area contributed by atoms with Crippen LogP contribution in [0.4, 0.5) is 0 Å². The van der Waals surface area contributed by atoms with Crippen molar-refractivity contribution in [2.24, 2.45) is 0 Å². The van der Waals surface area contributed by atoms with Crippen LogP contribution in [0.2, 0.25) is 0 Å². The normalized spacial score (nSPS) is 20.9. The number of benzene rings is 2. The van der Waals surface area contributed by atoms with Crippen LogP contribution in [-0.4, -0.2) is 30.3 Å². The number of nitrogens with zero attached hydrogens (tertiary/aromatic N) is 1. The predicted octanol–water partition coefficient (Wildman–Crippen LogP) is 5.65. The van der Waals surface area contributed by atoms with Gasteiger partial charge in [0, 0.05) is 27.3 Å². The van der Waals surface area contributed by atoms with Gasteiger partial charge in [-0.05, 0) is 55.6 Å². The Morgan fingerprint density at radius 2 is 1.67 bits per heavy atom. The molecule has 2 aliphatic heterocycles. The molecule has 0 bridgehead atoms. The molecule has 1 atom stereocenters. The molecule has 0 aromatic heterocycles. The lowest BCUT2D eigenvalue weighted by Gasteiger charge is -2.27. The molecule has 1 fully saturated rings. The average molecular weight is 356 g/mol. The van der Waals surface area contributed by atoms with Crippen molar-refractivity contribution in [3.8, 4) is 0 Å². The lowest BCUT2D eigenvalue weighted by molar-refractivity contribution is 0.242. The third kappa shape index (κ3) is 3.84. The number of piperidine rings is 1. The van der Waals surface area contributed by atoms with E-state index in [9.17, 15) is 0 Å². The van der Waals surface area contributed by atoms with Gasteiger partial charge in [0.05, 0.1) is 0 Å². The molecule has 2 heterocycles. The number of hydrogen-bond donors (Lipinski definition) is 0. The van der Waals surface area contributed by atoms with Crippen LogP contribution in [0.5, 0.6) is 0 Å². The average Bonchev–Trinajstić information content (AvgIpc) is 2.79. The second-order valence-electron chi connectivity index (χ2n) is 6.71. The topological polar surface area (TPSA) is 3.24 Å². The number of likely N-dealkylation sites (tertiary alicyclic amines) is 1. The fourth-order valence-corrected chi connectivity index (χ4v) is 6.24. The molecule has 4 rings (SSSR count). The zero-order valence-corrected chi connectivity index (χ0v) is 15.7. The van der Waals surface area contributed by atoms with Gasteiger partial charge in [-0.25, -0.2) is 0 Å². The molecular weight excluding hydrogens is 330 g/mol. The van der Waals surface area contributed by atoms with Gasteiger partial charge in [-0.3, -0.25) is 0 Å². The minimum Gasteiger partial charge on any atom is -0.303 e. The highest BCUT2D eigenvalue weighted by molar-refractivity contribution is 8.00. The van der Waals surface area contributed by atoms with Crippen LogP contribution in [-0.2, 0) is 6.42 Å². The van der Waals surface area contributed by atoms with Crippen LogP contribution in [0, 0.1) is 0 Å². The lowest BCUT2D eigenvalue weighted by Crippen LogP contribution is -2.31. The Labute approximate surface area is 154 Å². The summed E-state index contributed by atoms with van der Waals surface area (Å²) in [5.74, 6) is 1.24. The van der Waals surface area contributed by atoms with E-state index in [1.807, 2.05) is 11.8 Å². The summed E-state index contributed by atoms with van der Waals surface area (Å²) in [5, 5.41) is 0.585. The zero-order chi connectivity index (χ0) is 16.2. The van der Waals surface area contributed by atoms with Gasteiger partial charge >= 0.3 is 0 Å². The molecule has 1 unspecified atom stereocenters. The fraction of sp³-hybridized carbons (Fsp3) is 0.429. The Kier molecular flexibility index (Phi) is 5.51. The third-order valence-corrected chi connectivity index (χ3v) is 7.49. The van der Waals surface area contributed by atoms with E-state index in [1.165, 1.54) is 65.6 Å². The molecule has 0 amide bonds.